The van der Waals surface area contributed by atoms with E-state index in [-0.39, 0.29) is 0 Å². The van der Waals surface area contributed by atoms with Crippen LogP contribution in [0.1, 0.15) is 79.1 Å². The summed E-state index contributed by atoms with van der Waals surface area (Å²) in [6, 6.07) is 21.8. The van der Waals surface area contributed by atoms with Gasteiger partial charge in [-0.1, -0.05) is 103 Å². The lowest BCUT2D eigenvalue weighted by atomic mass is 9.88. The van der Waals surface area contributed by atoms with Gasteiger partial charge < -0.3 is 9.47 Å². The second kappa shape index (κ2) is 14.8. The summed E-state index contributed by atoms with van der Waals surface area (Å²) in [6.07, 6.45) is 9.41. The van der Waals surface area contributed by atoms with Gasteiger partial charge in [-0.15, -0.1) is 22.7 Å². The molecule has 0 radical (unpaired) electrons. The van der Waals surface area contributed by atoms with Gasteiger partial charge >= 0.3 is 0 Å². The van der Waals surface area contributed by atoms with Crippen molar-refractivity contribution in [3.63, 3.8) is 0 Å². The lowest BCUT2D eigenvalue weighted by Gasteiger charge is -2.23. The zero-order valence-electron chi connectivity index (χ0n) is 28.7. The quantitative estimate of drug-likeness (QED) is 0.0756. The predicted molar refractivity (Wildman–Crippen MR) is 207 cm³/mol. The Balaban J connectivity index is 1.51. The number of ether oxygens (including phenoxy) is 2. The number of hydrogen-bond acceptors (Lipinski definition) is 6. The summed E-state index contributed by atoms with van der Waals surface area (Å²) < 4.78 is 13.5. The Morgan fingerprint density at radius 2 is 1.02 bits per heavy atom. The fourth-order valence-corrected chi connectivity index (χ4v) is 8.78. The van der Waals surface area contributed by atoms with Gasteiger partial charge in [0.05, 0.1) is 35.4 Å². The number of rotatable bonds is 16. The third-order valence-corrected chi connectivity index (χ3v) is 11.8. The van der Waals surface area contributed by atoms with Gasteiger partial charge in [0.2, 0.25) is 11.8 Å². The van der Waals surface area contributed by atoms with E-state index < -0.39 is 0 Å². The van der Waals surface area contributed by atoms with Crippen LogP contribution >= 0.6 is 22.7 Å². The fourth-order valence-electron chi connectivity index (χ4n) is 7.24. The van der Waals surface area contributed by atoms with Gasteiger partial charge in [-0.2, -0.15) is 0 Å². The molecule has 48 heavy (non-hydrogen) atoms. The molecule has 4 heterocycles. The van der Waals surface area contributed by atoms with Crippen molar-refractivity contribution in [2.75, 3.05) is 13.2 Å². The first kappa shape index (κ1) is 32.8. The van der Waals surface area contributed by atoms with Gasteiger partial charge in [0, 0.05) is 31.3 Å². The van der Waals surface area contributed by atoms with Crippen LogP contribution < -0.4 is 9.47 Å². The van der Waals surface area contributed by atoms with Crippen molar-refractivity contribution in [1.82, 2.24) is 9.97 Å². The molecule has 0 aliphatic carbocycles. The maximum Gasteiger partial charge on any atom is 0.223 e. The maximum absolute atomic E-state index is 6.77. The second-order valence-corrected chi connectivity index (χ2v) is 15.0. The molecular weight excluding hydrogens is 629 g/mol. The highest BCUT2D eigenvalue weighted by Crippen LogP contribution is 2.51. The van der Waals surface area contributed by atoms with Crippen LogP contribution in [0.25, 0.3) is 64.2 Å². The summed E-state index contributed by atoms with van der Waals surface area (Å²) in [5.74, 6) is 2.49. The number of aromatic nitrogens is 2. The van der Waals surface area contributed by atoms with Gasteiger partial charge in [-0.3, -0.25) is 0 Å². The van der Waals surface area contributed by atoms with Crippen LogP contribution in [0.5, 0.6) is 11.8 Å². The Morgan fingerprint density at radius 3 is 1.40 bits per heavy atom. The number of nitrogens with zero attached hydrogens (tertiary/aromatic N) is 2. The maximum atomic E-state index is 6.77. The van der Waals surface area contributed by atoms with Crippen molar-refractivity contribution in [2.45, 2.75) is 79.1 Å². The van der Waals surface area contributed by atoms with Crippen LogP contribution in [0, 0.1) is 11.8 Å². The second-order valence-electron chi connectivity index (χ2n) is 13.1. The molecule has 4 nitrogen and oxygen atoms in total. The van der Waals surface area contributed by atoms with E-state index in [2.05, 4.69) is 99.1 Å². The van der Waals surface area contributed by atoms with Crippen molar-refractivity contribution < 1.29 is 9.47 Å². The molecular formula is C42H46N2O2S2. The van der Waals surface area contributed by atoms with Crippen LogP contribution in [-0.2, 0) is 0 Å². The number of benzene rings is 3. The van der Waals surface area contributed by atoms with E-state index in [4.69, 9.17) is 19.4 Å². The summed E-state index contributed by atoms with van der Waals surface area (Å²) in [7, 11) is 0. The zero-order valence-corrected chi connectivity index (χ0v) is 30.3. The Bertz CT molecular complexity index is 1950. The molecule has 6 heteroatoms. The number of fused-ring (bicyclic) bond motifs is 2. The minimum atomic E-state index is 0.510. The number of hydrogen-bond donors (Lipinski definition) is 0. The molecule has 3 aromatic carbocycles. The third-order valence-electron chi connectivity index (χ3n) is 10.0. The van der Waals surface area contributed by atoms with Crippen molar-refractivity contribution in [3.05, 3.63) is 71.4 Å². The van der Waals surface area contributed by atoms with E-state index in [1.54, 1.807) is 22.7 Å². The van der Waals surface area contributed by atoms with Crippen molar-refractivity contribution in [3.8, 4) is 32.6 Å². The SMILES string of the molecule is CCCCC(CC)COc1nc2cccc3c4c(-c5cccs5)c(OCC(CC)CCCC)nc5cccc(c(c1-c1cccs1)c23)c54. The van der Waals surface area contributed by atoms with Crippen LogP contribution in [0.15, 0.2) is 71.4 Å². The van der Waals surface area contributed by atoms with Crippen LogP contribution in [0.4, 0.5) is 0 Å². The minimum Gasteiger partial charge on any atom is -0.477 e. The highest BCUT2D eigenvalue weighted by atomic mass is 32.1. The Labute approximate surface area is 292 Å². The molecule has 0 bridgehead atoms. The van der Waals surface area contributed by atoms with E-state index in [0.717, 1.165) is 46.8 Å². The third kappa shape index (κ3) is 6.14. The highest BCUT2D eigenvalue weighted by molar-refractivity contribution is 7.14. The molecule has 7 aromatic rings. The molecule has 248 valence electrons. The van der Waals surface area contributed by atoms with Crippen molar-refractivity contribution in [2.24, 2.45) is 11.8 Å². The molecule has 0 saturated heterocycles. The van der Waals surface area contributed by atoms with Crippen LogP contribution in [0.2, 0.25) is 0 Å². The van der Waals surface area contributed by atoms with Gasteiger partial charge in [0.1, 0.15) is 0 Å². The monoisotopic (exact) mass is 674 g/mol. The molecule has 2 atom stereocenters. The minimum absolute atomic E-state index is 0.510. The Hall–Kier alpha value is -3.74. The lowest BCUT2D eigenvalue weighted by molar-refractivity contribution is 0.227. The first-order valence-electron chi connectivity index (χ1n) is 17.9. The molecule has 0 saturated carbocycles. The van der Waals surface area contributed by atoms with Crippen LogP contribution in [-0.4, -0.2) is 23.2 Å². The number of thiophene rings is 2. The largest absolute Gasteiger partial charge is 0.477 e. The summed E-state index contributed by atoms with van der Waals surface area (Å²) in [6.45, 7) is 10.4. The normalized spacial score (nSPS) is 13.2. The van der Waals surface area contributed by atoms with E-state index in [9.17, 15) is 0 Å². The Morgan fingerprint density at radius 1 is 0.562 bits per heavy atom. The molecule has 7 rings (SSSR count). The van der Waals surface area contributed by atoms with Crippen molar-refractivity contribution in [1.29, 1.82) is 0 Å². The predicted octanol–water partition coefficient (Wildman–Crippen LogP) is 13.2. The van der Waals surface area contributed by atoms with Gasteiger partial charge in [0.15, 0.2) is 0 Å². The molecule has 2 unspecified atom stereocenters. The summed E-state index contributed by atoms with van der Waals surface area (Å²) in [5, 5.41) is 11.4. The number of unbranched alkanes of at least 4 members (excludes halogenated alkanes) is 2. The van der Waals surface area contributed by atoms with Gasteiger partial charge in [-0.05, 0) is 70.5 Å². The molecule has 0 amide bonds. The fraction of sp³-hybridized carbons (Fsp3) is 0.381. The van der Waals surface area contributed by atoms with E-state index in [1.165, 1.54) is 80.6 Å². The topological polar surface area (TPSA) is 44.2 Å². The van der Waals surface area contributed by atoms with E-state index in [1.807, 2.05) is 0 Å². The highest BCUT2D eigenvalue weighted by Gasteiger charge is 2.27. The smallest absolute Gasteiger partial charge is 0.223 e. The van der Waals surface area contributed by atoms with Crippen molar-refractivity contribution >= 4 is 66.0 Å². The molecule has 0 aliphatic heterocycles. The summed E-state index contributed by atoms with van der Waals surface area (Å²) in [4.78, 5) is 13.0. The molecule has 0 spiro atoms. The number of pyridine rings is 2. The molecule has 0 aliphatic rings. The standard InChI is InChI=1S/C42H46N2O2S2/c1-5-9-15-27(7-3)25-45-41-39(33-21-13-23-47-33)37-29-17-12-20-32-36(29)38(30-18-11-19-31(43-41)35(30)37)40(34-22-14-24-48-34)42(44-32)46-26-28(8-4)16-10-6-2/h11-14,17-24,27-28H,5-10,15-16,25-26H2,1-4H3. The summed E-state index contributed by atoms with van der Waals surface area (Å²) >= 11 is 3.50. The van der Waals surface area contributed by atoms with Crippen LogP contribution in [0.3, 0.4) is 0 Å². The van der Waals surface area contributed by atoms with Gasteiger partial charge in [-0.25, -0.2) is 9.97 Å². The molecule has 4 aromatic heterocycles. The first-order chi connectivity index (χ1) is 23.7. The average molecular weight is 675 g/mol. The summed E-state index contributed by atoms with van der Waals surface area (Å²) in [5.41, 5.74) is 4.11. The van der Waals surface area contributed by atoms with Gasteiger partial charge in [0.25, 0.3) is 0 Å². The van der Waals surface area contributed by atoms with E-state index in [0.29, 0.717) is 25.0 Å². The Kier molecular flexibility index (Phi) is 10.1. The zero-order chi connectivity index (χ0) is 33.0. The van der Waals surface area contributed by atoms with E-state index >= 15 is 0 Å². The first-order valence-corrected chi connectivity index (χ1v) is 19.7. The lowest BCUT2D eigenvalue weighted by Crippen LogP contribution is -2.13. The molecule has 0 N–H and O–H groups in total. The average Bonchev–Trinajstić information content (AvgIpc) is 3.86. The molecule has 0 fully saturated rings.